The molecule has 0 bridgehead atoms. The molecular weight excluding hydrogens is 320 g/mol. The minimum atomic E-state index is -0.868. The molecule has 2 rings (SSSR count). The van der Waals surface area contributed by atoms with Gasteiger partial charge in [0.2, 0.25) is 5.91 Å². The summed E-state index contributed by atoms with van der Waals surface area (Å²) in [6.45, 7) is 8.31. The highest BCUT2D eigenvalue weighted by Crippen LogP contribution is 2.31. The zero-order chi connectivity index (χ0) is 18.8. The third kappa shape index (κ3) is 4.38. The maximum Gasteiger partial charge on any atom is 0.311 e. The number of nitrogens with one attached hydrogen (secondary N) is 1. The van der Waals surface area contributed by atoms with Crippen molar-refractivity contribution in [2.45, 2.75) is 40.7 Å². The van der Waals surface area contributed by atoms with Crippen molar-refractivity contribution in [3.05, 3.63) is 35.4 Å². The molecule has 0 spiro atoms. The average Bonchev–Trinajstić information content (AvgIpc) is 2.95. The summed E-state index contributed by atoms with van der Waals surface area (Å²) in [6.07, 6.45) is 0.463. The quantitative estimate of drug-likeness (QED) is 0.876. The zero-order valence-corrected chi connectivity index (χ0v) is 15.3. The largest absolute Gasteiger partial charge is 0.481 e. The zero-order valence-electron chi connectivity index (χ0n) is 15.3. The molecule has 1 aromatic rings. The monoisotopic (exact) mass is 346 g/mol. The lowest BCUT2D eigenvalue weighted by Crippen LogP contribution is -2.35. The van der Waals surface area contributed by atoms with Gasteiger partial charge in [0.25, 0.3) is 5.91 Å². The second kappa shape index (κ2) is 6.86. The number of hydrogen-bond donors (Lipinski definition) is 2. The van der Waals surface area contributed by atoms with E-state index in [-0.39, 0.29) is 18.4 Å². The van der Waals surface area contributed by atoms with E-state index in [1.54, 1.807) is 24.0 Å². The van der Waals surface area contributed by atoms with Crippen molar-refractivity contribution in [1.29, 1.82) is 0 Å². The maximum atomic E-state index is 12.5. The first-order chi connectivity index (χ1) is 11.5. The van der Waals surface area contributed by atoms with Gasteiger partial charge < -0.3 is 15.3 Å². The highest BCUT2D eigenvalue weighted by atomic mass is 16.4. The van der Waals surface area contributed by atoms with Crippen LogP contribution in [0.25, 0.3) is 0 Å². The van der Waals surface area contributed by atoms with Crippen molar-refractivity contribution in [3.8, 4) is 0 Å². The minimum absolute atomic E-state index is 0.0299. The van der Waals surface area contributed by atoms with Gasteiger partial charge in [-0.25, -0.2) is 0 Å². The van der Waals surface area contributed by atoms with E-state index >= 15 is 0 Å². The molecule has 136 valence electrons. The van der Waals surface area contributed by atoms with Crippen LogP contribution in [0, 0.1) is 10.8 Å². The first-order valence-electron chi connectivity index (χ1n) is 8.43. The van der Waals surface area contributed by atoms with Crippen molar-refractivity contribution in [2.24, 2.45) is 10.8 Å². The first kappa shape index (κ1) is 19.0. The number of carbonyl (C=O) groups excluding carboxylic acids is 2. The number of aliphatic carboxylic acids is 1. The lowest BCUT2D eigenvalue weighted by molar-refractivity contribution is -0.147. The summed E-state index contributed by atoms with van der Waals surface area (Å²) >= 11 is 0. The smallest absolute Gasteiger partial charge is 0.311 e. The van der Waals surface area contributed by atoms with Crippen LogP contribution >= 0.6 is 0 Å². The van der Waals surface area contributed by atoms with E-state index in [1.165, 1.54) is 0 Å². The molecule has 1 aromatic carbocycles. The number of likely N-dealkylation sites (tertiary alicyclic amines) is 1. The highest BCUT2D eigenvalue weighted by molar-refractivity contribution is 5.95. The van der Waals surface area contributed by atoms with Crippen LogP contribution in [0.1, 0.15) is 50.0 Å². The molecule has 1 heterocycles. The van der Waals surface area contributed by atoms with E-state index in [2.05, 4.69) is 5.32 Å². The molecule has 0 aromatic heterocycles. The van der Waals surface area contributed by atoms with Crippen molar-refractivity contribution < 1.29 is 19.5 Å². The topological polar surface area (TPSA) is 86.7 Å². The van der Waals surface area contributed by atoms with Crippen LogP contribution in [0.5, 0.6) is 0 Å². The number of rotatable bonds is 4. The third-order valence-corrected chi connectivity index (χ3v) is 4.61. The van der Waals surface area contributed by atoms with Gasteiger partial charge in [0, 0.05) is 30.6 Å². The average molecular weight is 346 g/mol. The van der Waals surface area contributed by atoms with Gasteiger partial charge in [-0.05, 0) is 31.0 Å². The van der Waals surface area contributed by atoms with Crippen LogP contribution in [0.15, 0.2) is 24.3 Å². The number of carboxylic acids is 1. The van der Waals surface area contributed by atoms with E-state index in [0.29, 0.717) is 25.1 Å². The summed E-state index contributed by atoms with van der Waals surface area (Å²) in [4.78, 5) is 37.3. The lowest BCUT2D eigenvalue weighted by Gasteiger charge is -2.20. The third-order valence-electron chi connectivity index (χ3n) is 4.61. The molecular formula is C19H26N2O4. The Hall–Kier alpha value is -2.37. The fourth-order valence-electron chi connectivity index (χ4n) is 2.70. The molecule has 0 radical (unpaired) electrons. The number of nitrogens with zero attached hydrogens (tertiary/aromatic N) is 1. The summed E-state index contributed by atoms with van der Waals surface area (Å²) < 4.78 is 0. The second-order valence-electron chi connectivity index (χ2n) is 7.97. The molecule has 1 aliphatic heterocycles. The fourth-order valence-corrected chi connectivity index (χ4v) is 2.70. The van der Waals surface area contributed by atoms with Crippen LogP contribution < -0.4 is 5.32 Å². The van der Waals surface area contributed by atoms with E-state index in [4.69, 9.17) is 0 Å². The van der Waals surface area contributed by atoms with Crippen molar-refractivity contribution >= 4 is 17.8 Å². The molecule has 25 heavy (non-hydrogen) atoms. The molecule has 1 fully saturated rings. The van der Waals surface area contributed by atoms with Gasteiger partial charge in [-0.3, -0.25) is 14.4 Å². The molecule has 2 N–H and O–H groups in total. The van der Waals surface area contributed by atoms with Gasteiger partial charge in [-0.2, -0.15) is 0 Å². The highest BCUT2D eigenvalue weighted by Gasteiger charge is 2.42. The molecule has 1 aliphatic rings. The predicted octanol–water partition coefficient (Wildman–Crippen LogP) is 2.29. The summed E-state index contributed by atoms with van der Waals surface area (Å²) in [6, 6.07) is 7.06. The van der Waals surface area contributed by atoms with E-state index in [9.17, 15) is 19.5 Å². The van der Waals surface area contributed by atoms with Crippen LogP contribution in [-0.4, -0.2) is 40.9 Å². The van der Waals surface area contributed by atoms with E-state index in [0.717, 1.165) is 5.56 Å². The number of amides is 2. The number of carboxylic acid groups (broad SMARTS) is 1. The Balaban J connectivity index is 1.97. The van der Waals surface area contributed by atoms with Crippen LogP contribution in [-0.2, 0) is 16.1 Å². The Morgan fingerprint density at radius 2 is 1.80 bits per heavy atom. The fraction of sp³-hybridized carbons (Fsp3) is 0.526. The molecule has 0 aliphatic carbocycles. The van der Waals surface area contributed by atoms with Gasteiger partial charge >= 0.3 is 5.97 Å². The van der Waals surface area contributed by atoms with Gasteiger partial charge in [0.1, 0.15) is 0 Å². The first-order valence-corrected chi connectivity index (χ1v) is 8.43. The summed E-state index contributed by atoms with van der Waals surface area (Å²) in [5, 5.41) is 12.1. The van der Waals surface area contributed by atoms with E-state index < -0.39 is 16.8 Å². The van der Waals surface area contributed by atoms with Crippen LogP contribution in [0.2, 0.25) is 0 Å². The minimum Gasteiger partial charge on any atom is -0.481 e. The summed E-state index contributed by atoms with van der Waals surface area (Å²) in [5.74, 6) is -1.05. The molecule has 1 unspecified atom stereocenters. The SMILES string of the molecule is CC(C)(C)C(=O)NCc1ccc(C(=O)N2CCC(C)(C(=O)O)C2)cc1. The Morgan fingerprint density at radius 3 is 2.28 bits per heavy atom. The Kier molecular flexibility index (Phi) is 5.20. The van der Waals surface area contributed by atoms with Crippen molar-refractivity contribution in [1.82, 2.24) is 10.2 Å². The van der Waals surface area contributed by atoms with E-state index in [1.807, 2.05) is 32.9 Å². The van der Waals surface area contributed by atoms with Gasteiger partial charge in [-0.1, -0.05) is 32.9 Å². The maximum absolute atomic E-state index is 12.5. The van der Waals surface area contributed by atoms with Crippen molar-refractivity contribution in [2.75, 3.05) is 13.1 Å². The Morgan fingerprint density at radius 1 is 1.20 bits per heavy atom. The van der Waals surface area contributed by atoms with Crippen molar-refractivity contribution in [3.63, 3.8) is 0 Å². The standard InChI is InChI=1S/C19H26N2O4/c1-18(2,3)16(23)20-11-13-5-7-14(8-6-13)15(22)21-10-9-19(4,12-21)17(24)25/h5-8H,9-12H2,1-4H3,(H,20,23)(H,24,25). The molecule has 0 saturated carbocycles. The summed E-state index contributed by atoms with van der Waals surface area (Å²) in [5.41, 5.74) is 0.126. The Bertz CT molecular complexity index is 676. The number of carbonyl (C=O) groups is 3. The molecule has 1 saturated heterocycles. The Labute approximate surface area is 148 Å². The predicted molar refractivity (Wildman–Crippen MR) is 94.0 cm³/mol. The molecule has 6 heteroatoms. The van der Waals surface area contributed by atoms with Gasteiger partial charge in [0.05, 0.1) is 5.41 Å². The number of hydrogen-bond acceptors (Lipinski definition) is 3. The number of benzene rings is 1. The van der Waals surface area contributed by atoms with Crippen LogP contribution in [0.4, 0.5) is 0 Å². The van der Waals surface area contributed by atoms with Gasteiger partial charge in [0.15, 0.2) is 0 Å². The lowest BCUT2D eigenvalue weighted by atomic mass is 9.90. The van der Waals surface area contributed by atoms with Crippen LogP contribution in [0.3, 0.4) is 0 Å². The van der Waals surface area contributed by atoms with Gasteiger partial charge in [-0.15, -0.1) is 0 Å². The normalized spacial score (nSPS) is 20.4. The molecule has 2 amide bonds. The molecule has 6 nitrogen and oxygen atoms in total. The molecule has 1 atom stereocenters. The summed E-state index contributed by atoms with van der Waals surface area (Å²) in [7, 11) is 0. The second-order valence-corrected chi connectivity index (χ2v) is 7.97.